The number of ether oxygens (including phenoxy) is 1. The van der Waals surface area contributed by atoms with E-state index >= 15 is 0 Å². The van der Waals surface area contributed by atoms with Gasteiger partial charge in [-0.1, -0.05) is 24.3 Å². The predicted molar refractivity (Wildman–Crippen MR) is 77.3 cm³/mol. The molecule has 0 spiro atoms. The highest BCUT2D eigenvalue weighted by atomic mass is 19.3. The molecule has 0 amide bonds. The van der Waals surface area contributed by atoms with E-state index in [-0.39, 0.29) is 17.8 Å². The van der Waals surface area contributed by atoms with Gasteiger partial charge in [0.15, 0.2) is 0 Å². The number of halogens is 2. The number of rotatable bonds is 6. The van der Waals surface area contributed by atoms with E-state index in [1.54, 1.807) is 30.5 Å². The molecule has 0 saturated heterocycles. The van der Waals surface area contributed by atoms with Crippen LogP contribution in [0.3, 0.4) is 0 Å². The molecule has 3 nitrogen and oxygen atoms in total. The van der Waals surface area contributed by atoms with Gasteiger partial charge in [0.05, 0.1) is 5.69 Å². The van der Waals surface area contributed by atoms with E-state index < -0.39 is 6.61 Å². The molecule has 1 unspecified atom stereocenters. The molecule has 0 aliphatic carbocycles. The molecule has 112 valence electrons. The third kappa shape index (κ3) is 4.23. The summed E-state index contributed by atoms with van der Waals surface area (Å²) in [6.45, 7) is 1.06. The molecule has 0 aliphatic heterocycles. The second kappa shape index (κ2) is 7.13. The molecule has 0 fully saturated rings. The lowest BCUT2D eigenvalue weighted by atomic mass is 10.1. The molecule has 0 saturated carbocycles. The molecule has 2 aromatic rings. The van der Waals surface area contributed by atoms with Gasteiger partial charge in [0.1, 0.15) is 5.75 Å². The number of alkyl halides is 2. The van der Waals surface area contributed by atoms with Crippen LogP contribution in [-0.4, -0.2) is 11.6 Å². The van der Waals surface area contributed by atoms with Crippen molar-refractivity contribution in [2.45, 2.75) is 32.5 Å². The highest BCUT2D eigenvalue weighted by Gasteiger charge is 2.17. The average Bonchev–Trinajstić information content (AvgIpc) is 2.48. The van der Waals surface area contributed by atoms with E-state index in [0.717, 1.165) is 5.69 Å². The first-order valence-corrected chi connectivity index (χ1v) is 6.78. The maximum absolute atomic E-state index is 12.4. The smallest absolute Gasteiger partial charge is 0.387 e. The van der Waals surface area contributed by atoms with Gasteiger partial charge in [-0.2, -0.15) is 8.78 Å². The number of nitrogens with zero attached hydrogens (tertiary/aromatic N) is 1. The van der Waals surface area contributed by atoms with Crippen molar-refractivity contribution in [3.8, 4) is 5.75 Å². The number of para-hydroxylation sites is 1. The van der Waals surface area contributed by atoms with Crippen LogP contribution >= 0.6 is 0 Å². The van der Waals surface area contributed by atoms with E-state index in [4.69, 9.17) is 0 Å². The Morgan fingerprint density at radius 3 is 2.38 bits per heavy atom. The Bertz CT molecular complexity index is 563. The maximum atomic E-state index is 12.4. The third-order valence-electron chi connectivity index (χ3n) is 3.23. The SMILES string of the molecule is CC(N[C@@H](C)c1ccccn1)c1ccccc1OC(F)F. The lowest BCUT2D eigenvalue weighted by Gasteiger charge is -2.22. The lowest BCUT2D eigenvalue weighted by molar-refractivity contribution is -0.0506. The molecule has 1 N–H and O–H groups in total. The summed E-state index contributed by atoms with van der Waals surface area (Å²) in [7, 11) is 0. The summed E-state index contributed by atoms with van der Waals surface area (Å²) in [4.78, 5) is 4.28. The molecule has 21 heavy (non-hydrogen) atoms. The second-order valence-corrected chi connectivity index (χ2v) is 4.78. The molecule has 0 aliphatic rings. The first-order valence-electron chi connectivity index (χ1n) is 6.78. The molecule has 1 heterocycles. The summed E-state index contributed by atoms with van der Waals surface area (Å²) in [5.41, 5.74) is 1.59. The van der Waals surface area contributed by atoms with Crippen LogP contribution in [0.1, 0.15) is 37.2 Å². The number of hydrogen-bond acceptors (Lipinski definition) is 3. The number of hydrogen-bond donors (Lipinski definition) is 1. The molecule has 0 radical (unpaired) electrons. The van der Waals surface area contributed by atoms with Gasteiger partial charge >= 0.3 is 6.61 Å². The fraction of sp³-hybridized carbons (Fsp3) is 0.312. The molecular weight excluding hydrogens is 274 g/mol. The number of benzene rings is 1. The van der Waals surface area contributed by atoms with Gasteiger partial charge in [-0.25, -0.2) is 0 Å². The fourth-order valence-corrected chi connectivity index (χ4v) is 2.22. The van der Waals surface area contributed by atoms with Gasteiger partial charge < -0.3 is 10.1 Å². The molecule has 2 atom stereocenters. The van der Waals surface area contributed by atoms with Crippen molar-refractivity contribution in [1.82, 2.24) is 10.3 Å². The minimum Gasteiger partial charge on any atom is -0.434 e. The van der Waals surface area contributed by atoms with E-state index in [1.165, 1.54) is 0 Å². The van der Waals surface area contributed by atoms with Gasteiger partial charge in [0, 0.05) is 23.8 Å². The normalized spacial score (nSPS) is 14.0. The summed E-state index contributed by atoms with van der Waals surface area (Å²) in [5, 5.41) is 3.34. The Kier molecular flexibility index (Phi) is 5.22. The summed E-state index contributed by atoms with van der Waals surface area (Å²) in [5.74, 6) is 0.195. The fourth-order valence-electron chi connectivity index (χ4n) is 2.22. The van der Waals surface area contributed by atoms with E-state index in [9.17, 15) is 8.78 Å². The van der Waals surface area contributed by atoms with Crippen molar-refractivity contribution in [2.75, 3.05) is 0 Å². The quantitative estimate of drug-likeness (QED) is 0.870. The van der Waals surface area contributed by atoms with E-state index in [1.807, 2.05) is 32.0 Å². The third-order valence-corrected chi connectivity index (χ3v) is 3.23. The van der Waals surface area contributed by atoms with Crippen LogP contribution in [0.25, 0.3) is 0 Å². The zero-order valence-corrected chi connectivity index (χ0v) is 12.0. The van der Waals surface area contributed by atoms with Crippen molar-refractivity contribution < 1.29 is 13.5 Å². The van der Waals surface area contributed by atoms with Gasteiger partial charge in [-0.05, 0) is 32.0 Å². The molecule has 1 aromatic heterocycles. The Morgan fingerprint density at radius 1 is 1.00 bits per heavy atom. The highest BCUT2D eigenvalue weighted by Crippen LogP contribution is 2.27. The molecule has 2 rings (SSSR count). The monoisotopic (exact) mass is 292 g/mol. The Hall–Kier alpha value is -2.01. The molecule has 0 bridgehead atoms. The minimum absolute atomic E-state index is 0.000746. The number of aromatic nitrogens is 1. The first kappa shape index (κ1) is 15.4. The van der Waals surface area contributed by atoms with Crippen molar-refractivity contribution >= 4 is 0 Å². The summed E-state index contributed by atoms with van der Waals surface area (Å²) < 4.78 is 29.4. The minimum atomic E-state index is -2.83. The zero-order valence-electron chi connectivity index (χ0n) is 12.0. The van der Waals surface area contributed by atoms with Crippen molar-refractivity contribution in [2.24, 2.45) is 0 Å². The van der Waals surface area contributed by atoms with Crippen molar-refractivity contribution in [1.29, 1.82) is 0 Å². The summed E-state index contributed by atoms with van der Waals surface area (Å²) in [6.07, 6.45) is 1.73. The van der Waals surface area contributed by atoms with Crippen LogP contribution < -0.4 is 10.1 Å². The average molecular weight is 292 g/mol. The number of nitrogens with one attached hydrogen (secondary N) is 1. The second-order valence-electron chi connectivity index (χ2n) is 4.78. The van der Waals surface area contributed by atoms with Crippen LogP contribution in [0.5, 0.6) is 5.75 Å². The van der Waals surface area contributed by atoms with Crippen molar-refractivity contribution in [3.05, 3.63) is 59.9 Å². The standard InChI is InChI=1S/C16H18F2N2O/c1-11(20-12(2)14-8-5-6-10-19-14)13-7-3-4-9-15(13)21-16(17)18/h3-12,16,20H,1-2H3/t11?,12-/m0/s1. The number of pyridine rings is 1. The van der Waals surface area contributed by atoms with Crippen LogP contribution in [0, 0.1) is 0 Å². The van der Waals surface area contributed by atoms with Crippen LogP contribution in [0.4, 0.5) is 8.78 Å². The molecular formula is C16H18F2N2O. The highest BCUT2D eigenvalue weighted by molar-refractivity contribution is 5.35. The Balaban J connectivity index is 2.11. The van der Waals surface area contributed by atoms with Gasteiger partial charge in [-0.15, -0.1) is 0 Å². The first-order chi connectivity index (χ1) is 10.1. The van der Waals surface area contributed by atoms with E-state index in [0.29, 0.717) is 5.56 Å². The summed E-state index contributed by atoms with van der Waals surface area (Å²) >= 11 is 0. The van der Waals surface area contributed by atoms with Gasteiger partial charge in [0.25, 0.3) is 0 Å². The summed E-state index contributed by atoms with van der Waals surface area (Å²) in [6, 6.07) is 12.4. The largest absolute Gasteiger partial charge is 0.434 e. The van der Waals surface area contributed by atoms with E-state index in [2.05, 4.69) is 15.0 Å². The Labute approximate surface area is 123 Å². The molecule has 5 heteroatoms. The van der Waals surface area contributed by atoms with Gasteiger partial charge in [-0.3, -0.25) is 4.98 Å². The van der Waals surface area contributed by atoms with Crippen molar-refractivity contribution in [3.63, 3.8) is 0 Å². The van der Waals surface area contributed by atoms with Crippen LogP contribution in [0.15, 0.2) is 48.7 Å². The van der Waals surface area contributed by atoms with Gasteiger partial charge in [0.2, 0.25) is 0 Å². The van der Waals surface area contributed by atoms with Crippen LogP contribution in [-0.2, 0) is 0 Å². The zero-order chi connectivity index (χ0) is 15.2. The van der Waals surface area contributed by atoms with Crippen LogP contribution in [0.2, 0.25) is 0 Å². The predicted octanol–water partition coefficient (Wildman–Crippen LogP) is 4.09. The molecule has 1 aromatic carbocycles. The maximum Gasteiger partial charge on any atom is 0.387 e. The Morgan fingerprint density at radius 2 is 1.71 bits per heavy atom. The lowest BCUT2D eigenvalue weighted by Crippen LogP contribution is -2.23. The topological polar surface area (TPSA) is 34.2 Å².